The van der Waals surface area contributed by atoms with Crippen LogP contribution in [0.3, 0.4) is 0 Å². The minimum absolute atomic E-state index is 0.00818. The van der Waals surface area contributed by atoms with E-state index in [1.165, 1.54) is 35.2 Å². The number of hydrogen-bond donors (Lipinski definition) is 2. The van der Waals surface area contributed by atoms with Crippen molar-refractivity contribution in [3.05, 3.63) is 89.2 Å². The predicted octanol–water partition coefficient (Wildman–Crippen LogP) is 5.56. The summed E-state index contributed by atoms with van der Waals surface area (Å²) in [5.41, 5.74) is 1.19. The molecule has 0 bridgehead atoms. The molecule has 0 radical (unpaired) electrons. The molecule has 1 fully saturated rings. The Bertz CT molecular complexity index is 1500. The van der Waals surface area contributed by atoms with Crippen molar-refractivity contribution < 1.29 is 28.9 Å². The molecule has 2 N–H and O–H groups in total. The van der Waals surface area contributed by atoms with Gasteiger partial charge in [-0.25, -0.2) is 9.37 Å². The van der Waals surface area contributed by atoms with Crippen molar-refractivity contribution in [3.63, 3.8) is 0 Å². The van der Waals surface area contributed by atoms with Crippen molar-refractivity contribution in [1.29, 1.82) is 0 Å². The number of amides is 1. The summed E-state index contributed by atoms with van der Waals surface area (Å²) in [6.07, 6.45) is 0.843. The van der Waals surface area contributed by atoms with Gasteiger partial charge in [0.25, 0.3) is 5.78 Å². The molecule has 0 saturated carbocycles. The van der Waals surface area contributed by atoms with Gasteiger partial charge in [-0.1, -0.05) is 30.4 Å². The molecule has 3 aromatic carbocycles. The third-order valence-corrected chi connectivity index (χ3v) is 6.82. The molecule has 1 unspecified atom stereocenters. The highest BCUT2D eigenvalue weighted by Crippen LogP contribution is 2.44. The monoisotopic (exact) mass is 504 g/mol. The van der Waals surface area contributed by atoms with Crippen molar-refractivity contribution in [2.45, 2.75) is 19.4 Å². The number of fused-ring (bicyclic) bond motifs is 1. The molecule has 9 heteroatoms. The maximum atomic E-state index is 13.8. The summed E-state index contributed by atoms with van der Waals surface area (Å²) >= 11 is 1.07. The Morgan fingerprint density at radius 3 is 2.50 bits per heavy atom. The zero-order chi connectivity index (χ0) is 25.4. The highest BCUT2D eigenvalue weighted by atomic mass is 32.1. The van der Waals surface area contributed by atoms with E-state index in [9.17, 15) is 24.2 Å². The molecule has 36 heavy (non-hydrogen) atoms. The number of rotatable bonds is 6. The Hall–Kier alpha value is -4.24. The van der Waals surface area contributed by atoms with E-state index in [0.717, 1.165) is 17.8 Å². The maximum absolute atomic E-state index is 13.8. The number of ketones is 1. The smallest absolute Gasteiger partial charge is 0.301 e. The fourth-order valence-corrected chi connectivity index (χ4v) is 5.09. The number of phenols is 1. The summed E-state index contributed by atoms with van der Waals surface area (Å²) in [6, 6.07) is 15.7. The lowest BCUT2D eigenvalue weighted by molar-refractivity contribution is -0.132. The van der Waals surface area contributed by atoms with Crippen LogP contribution in [0.15, 0.2) is 72.3 Å². The highest BCUT2D eigenvalue weighted by Gasteiger charge is 2.48. The van der Waals surface area contributed by atoms with Gasteiger partial charge in [0.2, 0.25) is 0 Å². The van der Waals surface area contributed by atoms with Gasteiger partial charge in [-0.15, -0.1) is 0 Å². The number of ether oxygens (including phenoxy) is 1. The first-order valence-electron chi connectivity index (χ1n) is 11.3. The first-order chi connectivity index (χ1) is 17.4. The normalized spacial score (nSPS) is 17.2. The molecule has 2 heterocycles. The highest BCUT2D eigenvalue weighted by molar-refractivity contribution is 7.22. The molecular weight excluding hydrogens is 483 g/mol. The number of anilines is 1. The van der Waals surface area contributed by atoms with Crippen molar-refractivity contribution in [1.82, 2.24) is 4.98 Å². The molecule has 0 spiro atoms. The minimum atomic E-state index is -1.01. The van der Waals surface area contributed by atoms with E-state index in [4.69, 9.17) is 4.74 Å². The Morgan fingerprint density at radius 1 is 1.08 bits per heavy atom. The van der Waals surface area contributed by atoms with Crippen LogP contribution in [-0.4, -0.2) is 33.5 Å². The summed E-state index contributed by atoms with van der Waals surface area (Å²) in [5.74, 6) is -1.90. The van der Waals surface area contributed by atoms with Crippen LogP contribution in [0.25, 0.3) is 16.0 Å². The lowest BCUT2D eigenvalue weighted by Crippen LogP contribution is -2.29. The summed E-state index contributed by atoms with van der Waals surface area (Å²) < 4.78 is 19.9. The van der Waals surface area contributed by atoms with E-state index in [2.05, 4.69) is 4.98 Å². The molecule has 1 aliphatic heterocycles. The molecule has 4 aromatic rings. The molecule has 1 saturated heterocycles. The molecule has 5 rings (SSSR count). The number of aromatic nitrogens is 1. The van der Waals surface area contributed by atoms with Crippen LogP contribution in [0.2, 0.25) is 0 Å². The van der Waals surface area contributed by atoms with Crippen LogP contribution in [-0.2, 0) is 9.59 Å². The van der Waals surface area contributed by atoms with Gasteiger partial charge in [-0.3, -0.25) is 14.5 Å². The van der Waals surface area contributed by atoms with Gasteiger partial charge in [0.1, 0.15) is 23.1 Å². The lowest BCUT2D eigenvalue weighted by Gasteiger charge is -2.23. The fraction of sp³-hybridized carbons (Fsp3) is 0.148. The second-order valence-electron chi connectivity index (χ2n) is 8.24. The summed E-state index contributed by atoms with van der Waals surface area (Å²) in [5, 5.41) is 21.2. The Morgan fingerprint density at radius 2 is 1.81 bits per heavy atom. The first kappa shape index (κ1) is 23.5. The summed E-state index contributed by atoms with van der Waals surface area (Å²) in [7, 11) is 0. The van der Waals surface area contributed by atoms with Crippen LogP contribution in [0, 0.1) is 5.82 Å². The van der Waals surface area contributed by atoms with Gasteiger partial charge in [-0.2, -0.15) is 0 Å². The molecule has 0 aliphatic carbocycles. The third kappa shape index (κ3) is 4.18. The van der Waals surface area contributed by atoms with Crippen molar-refractivity contribution in [2.24, 2.45) is 0 Å². The lowest BCUT2D eigenvalue weighted by atomic mass is 9.95. The third-order valence-electron chi connectivity index (χ3n) is 5.80. The number of halogens is 1. The molecule has 1 atom stereocenters. The number of aliphatic hydroxyl groups excluding tert-OH is 1. The number of hydrogen-bond acceptors (Lipinski definition) is 7. The van der Waals surface area contributed by atoms with E-state index in [0.29, 0.717) is 33.7 Å². The number of thiazole rings is 1. The standard InChI is InChI=1S/C27H21FN2O5S/c1-2-13-35-19-10-5-16(6-11-19)24(32)22-23(15-3-8-18(31)9-4-15)30(26(34)25(22)33)27-29-20-12-7-17(28)14-21(20)36-27/h3-12,14,23,31-32H,2,13H2,1H3. The number of aromatic hydroxyl groups is 1. The molecule has 1 aromatic heterocycles. The van der Waals surface area contributed by atoms with Crippen molar-refractivity contribution in [3.8, 4) is 11.5 Å². The number of benzene rings is 3. The molecule has 182 valence electrons. The molecule has 1 aliphatic rings. The number of phenolic OH excluding ortho intramolecular Hbond substituents is 1. The molecule has 1 amide bonds. The van der Waals surface area contributed by atoms with Gasteiger partial charge in [0.05, 0.1) is 28.4 Å². The molecule has 7 nitrogen and oxygen atoms in total. The van der Waals surface area contributed by atoms with Gasteiger partial charge in [0, 0.05) is 5.56 Å². The predicted molar refractivity (Wildman–Crippen MR) is 135 cm³/mol. The van der Waals surface area contributed by atoms with E-state index in [1.807, 2.05) is 6.92 Å². The van der Waals surface area contributed by atoms with Crippen LogP contribution >= 0.6 is 11.3 Å². The fourth-order valence-electron chi connectivity index (χ4n) is 4.08. The zero-order valence-corrected chi connectivity index (χ0v) is 20.0. The van der Waals surface area contributed by atoms with Gasteiger partial charge >= 0.3 is 5.91 Å². The van der Waals surface area contributed by atoms with Crippen LogP contribution in [0.4, 0.5) is 9.52 Å². The average molecular weight is 505 g/mol. The number of Topliss-reactive ketones (excluding diaryl/α,β-unsaturated/α-hetero) is 1. The minimum Gasteiger partial charge on any atom is -0.508 e. The second kappa shape index (κ2) is 9.43. The number of nitrogens with zero attached hydrogens (tertiary/aromatic N) is 2. The second-order valence-corrected chi connectivity index (χ2v) is 9.25. The van der Waals surface area contributed by atoms with Crippen LogP contribution in [0.1, 0.15) is 30.5 Å². The largest absolute Gasteiger partial charge is 0.508 e. The maximum Gasteiger partial charge on any atom is 0.301 e. The zero-order valence-electron chi connectivity index (χ0n) is 19.1. The van der Waals surface area contributed by atoms with Gasteiger partial charge in [0.15, 0.2) is 5.13 Å². The Labute approximate surface area is 209 Å². The average Bonchev–Trinajstić information content (AvgIpc) is 3.40. The number of aliphatic hydroxyl groups is 1. The molecular formula is C27H21FN2O5S. The number of carbonyl (C=O) groups is 2. The van der Waals surface area contributed by atoms with Crippen LogP contribution in [0.5, 0.6) is 11.5 Å². The number of carbonyl (C=O) groups excluding carboxylic acids is 2. The van der Waals surface area contributed by atoms with Crippen molar-refractivity contribution >= 4 is 44.1 Å². The van der Waals surface area contributed by atoms with E-state index >= 15 is 0 Å². The van der Waals surface area contributed by atoms with Crippen LogP contribution < -0.4 is 9.64 Å². The van der Waals surface area contributed by atoms with Gasteiger partial charge < -0.3 is 14.9 Å². The van der Waals surface area contributed by atoms with E-state index < -0.39 is 23.5 Å². The summed E-state index contributed by atoms with van der Waals surface area (Å²) in [4.78, 5) is 32.2. The SMILES string of the molecule is CCCOc1ccc(C(O)=C2C(=O)C(=O)N(c3nc4ccc(F)cc4s3)C2c2ccc(O)cc2)cc1. The van der Waals surface area contributed by atoms with Gasteiger partial charge in [-0.05, 0) is 66.6 Å². The van der Waals surface area contributed by atoms with E-state index in [-0.39, 0.29) is 22.2 Å². The van der Waals surface area contributed by atoms with E-state index in [1.54, 1.807) is 36.4 Å². The Kier molecular flexibility index (Phi) is 6.15. The summed E-state index contributed by atoms with van der Waals surface area (Å²) in [6.45, 7) is 2.54. The van der Waals surface area contributed by atoms with Crippen molar-refractivity contribution in [2.75, 3.05) is 11.5 Å². The first-order valence-corrected chi connectivity index (χ1v) is 12.1. The topological polar surface area (TPSA) is 100.0 Å². The Balaban J connectivity index is 1.65. The quantitative estimate of drug-likeness (QED) is 0.203.